The van der Waals surface area contributed by atoms with Crippen molar-refractivity contribution in [1.29, 1.82) is 0 Å². The van der Waals surface area contributed by atoms with E-state index in [0.29, 0.717) is 5.41 Å². The molecule has 0 bridgehead atoms. The number of hydrogen-bond acceptors (Lipinski definition) is 2. The second-order valence-corrected chi connectivity index (χ2v) is 5.69. The lowest BCUT2D eigenvalue weighted by Crippen LogP contribution is -2.19. The number of pyridine rings is 1. The monoisotopic (exact) mass is 236 g/mol. The van der Waals surface area contributed by atoms with Gasteiger partial charge in [0.05, 0.1) is 5.69 Å². The van der Waals surface area contributed by atoms with E-state index in [-0.39, 0.29) is 5.56 Å². The van der Waals surface area contributed by atoms with E-state index in [1.807, 2.05) is 12.3 Å². The van der Waals surface area contributed by atoms with Gasteiger partial charge in [-0.05, 0) is 24.3 Å². The first-order chi connectivity index (χ1) is 7.92. The van der Waals surface area contributed by atoms with Crippen LogP contribution in [0.25, 0.3) is 0 Å². The Morgan fingerprint density at radius 1 is 1.29 bits per heavy atom. The highest BCUT2D eigenvalue weighted by molar-refractivity contribution is 5.40. The van der Waals surface area contributed by atoms with E-state index in [4.69, 9.17) is 0 Å². The first-order valence-corrected chi connectivity index (χ1v) is 6.37. The molecule has 3 heteroatoms. The van der Waals surface area contributed by atoms with Crippen molar-refractivity contribution in [1.82, 2.24) is 4.57 Å². The average molecular weight is 236 g/mol. The molecule has 1 aromatic heterocycles. The molecule has 0 aromatic carbocycles. The molecule has 0 atom stereocenters. The fourth-order valence-electron chi connectivity index (χ4n) is 1.63. The largest absolute Gasteiger partial charge is 0.384 e. The van der Waals surface area contributed by atoms with E-state index in [1.54, 1.807) is 10.6 Å². The molecule has 0 aliphatic rings. The smallest absolute Gasteiger partial charge is 0.250 e. The lowest BCUT2D eigenvalue weighted by atomic mass is 9.92. The van der Waals surface area contributed by atoms with Crippen LogP contribution in [0.3, 0.4) is 0 Å². The van der Waals surface area contributed by atoms with Gasteiger partial charge < -0.3 is 9.88 Å². The topological polar surface area (TPSA) is 34.0 Å². The van der Waals surface area contributed by atoms with Crippen molar-refractivity contribution in [3.63, 3.8) is 0 Å². The quantitative estimate of drug-likeness (QED) is 0.852. The minimum Gasteiger partial charge on any atom is -0.384 e. The van der Waals surface area contributed by atoms with Gasteiger partial charge in [0.25, 0.3) is 5.56 Å². The summed E-state index contributed by atoms with van der Waals surface area (Å²) in [7, 11) is 0. The summed E-state index contributed by atoms with van der Waals surface area (Å²) >= 11 is 0. The molecule has 0 saturated carbocycles. The predicted octanol–water partition coefficient (Wildman–Crippen LogP) is 3.11. The Hall–Kier alpha value is -1.25. The second-order valence-electron chi connectivity index (χ2n) is 5.69. The van der Waals surface area contributed by atoms with Crippen LogP contribution in [-0.4, -0.2) is 11.1 Å². The molecule has 0 aliphatic carbocycles. The molecule has 0 amide bonds. The molecule has 1 N–H and O–H groups in total. The molecule has 96 valence electrons. The van der Waals surface area contributed by atoms with Gasteiger partial charge in [0.1, 0.15) is 0 Å². The minimum absolute atomic E-state index is 0.0771. The average Bonchev–Trinajstić information content (AvgIpc) is 2.21. The number of nitrogens with zero attached hydrogens (tertiary/aromatic N) is 1. The summed E-state index contributed by atoms with van der Waals surface area (Å²) in [6.07, 6.45) is 4.00. The highest BCUT2D eigenvalue weighted by Gasteiger charge is 2.09. The molecule has 0 fully saturated rings. The molecule has 0 aliphatic heterocycles. The molecule has 0 saturated heterocycles. The number of aromatic nitrogens is 1. The van der Waals surface area contributed by atoms with Crippen LogP contribution in [0.2, 0.25) is 0 Å². The molecule has 0 radical (unpaired) electrons. The fraction of sp³-hybridized carbons (Fsp3) is 0.643. The van der Waals surface area contributed by atoms with Crippen molar-refractivity contribution in [2.75, 3.05) is 11.9 Å². The molecule has 1 aromatic rings. The van der Waals surface area contributed by atoms with Crippen LogP contribution in [0, 0.1) is 5.41 Å². The van der Waals surface area contributed by atoms with Crippen LogP contribution in [0.15, 0.2) is 23.1 Å². The summed E-state index contributed by atoms with van der Waals surface area (Å²) < 4.78 is 1.76. The van der Waals surface area contributed by atoms with Crippen molar-refractivity contribution in [2.24, 2.45) is 5.41 Å². The second kappa shape index (κ2) is 5.89. The Morgan fingerprint density at radius 3 is 2.59 bits per heavy atom. The molecular weight excluding hydrogens is 212 g/mol. The maximum Gasteiger partial charge on any atom is 0.250 e. The van der Waals surface area contributed by atoms with Gasteiger partial charge in [0.2, 0.25) is 0 Å². The summed E-state index contributed by atoms with van der Waals surface area (Å²) in [5, 5.41) is 3.37. The third kappa shape index (κ3) is 5.07. The van der Waals surface area contributed by atoms with Gasteiger partial charge in [0.15, 0.2) is 0 Å². The van der Waals surface area contributed by atoms with Crippen LogP contribution in [0.5, 0.6) is 0 Å². The van der Waals surface area contributed by atoms with Gasteiger partial charge in [-0.2, -0.15) is 0 Å². The van der Waals surface area contributed by atoms with Crippen molar-refractivity contribution >= 4 is 5.69 Å². The van der Waals surface area contributed by atoms with Crippen molar-refractivity contribution in [2.45, 2.75) is 47.1 Å². The summed E-state index contributed by atoms with van der Waals surface area (Å²) in [5.41, 5.74) is 1.45. The van der Waals surface area contributed by atoms with Crippen LogP contribution >= 0.6 is 0 Å². The third-order valence-corrected chi connectivity index (χ3v) is 2.65. The molecule has 1 rings (SSSR count). The summed E-state index contributed by atoms with van der Waals surface area (Å²) in [5.74, 6) is 0. The first kappa shape index (κ1) is 13.8. The van der Waals surface area contributed by atoms with Gasteiger partial charge in [0, 0.05) is 25.4 Å². The number of aryl methyl sites for hydroxylation is 1. The Morgan fingerprint density at radius 2 is 2.00 bits per heavy atom. The van der Waals surface area contributed by atoms with Crippen LogP contribution in [-0.2, 0) is 6.54 Å². The van der Waals surface area contributed by atoms with E-state index in [1.165, 1.54) is 0 Å². The molecular formula is C14H24N2O. The SMILES string of the molecule is CCCn1cc(NCCC(C)(C)C)ccc1=O. The highest BCUT2D eigenvalue weighted by Crippen LogP contribution is 2.18. The van der Waals surface area contributed by atoms with Gasteiger partial charge in [-0.15, -0.1) is 0 Å². The van der Waals surface area contributed by atoms with Crippen molar-refractivity contribution in [3.8, 4) is 0 Å². The van der Waals surface area contributed by atoms with E-state index < -0.39 is 0 Å². The minimum atomic E-state index is 0.0771. The summed E-state index contributed by atoms with van der Waals surface area (Å²) in [4.78, 5) is 11.5. The number of nitrogens with one attached hydrogen (secondary N) is 1. The Balaban J connectivity index is 2.60. The van der Waals surface area contributed by atoms with Crippen LogP contribution < -0.4 is 10.9 Å². The van der Waals surface area contributed by atoms with Gasteiger partial charge in [-0.1, -0.05) is 27.7 Å². The Bertz CT molecular complexity index is 401. The lowest BCUT2D eigenvalue weighted by molar-refractivity contribution is 0.389. The van der Waals surface area contributed by atoms with E-state index in [2.05, 4.69) is 33.0 Å². The van der Waals surface area contributed by atoms with Gasteiger partial charge in [-0.3, -0.25) is 4.79 Å². The Kier molecular flexibility index (Phi) is 4.79. The maximum atomic E-state index is 11.5. The third-order valence-electron chi connectivity index (χ3n) is 2.65. The highest BCUT2D eigenvalue weighted by atomic mass is 16.1. The molecule has 0 spiro atoms. The maximum absolute atomic E-state index is 11.5. The zero-order valence-corrected chi connectivity index (χ0v) is 11.4. The zero-order valence-electron chi connectivity index (χ0n) is 11.4. The van der Waals surface area contributed by atoms with E-state index in [0.717, 1.165) is 31.6 Å². The van der Waals surface area contributed by atoms with E-state index in [9.17, 15) is 4.79 Å². The molecule has 1 heterocycles. The number of rotatable bonds is 5. The molecule has 17 heavy (non-hydrogen) atoms. The van der Waals surface area contributed by atoms with E-state index >= 15 is 0 Å². The van der Waals surface area contributed by atoms with Crippen LogP contribution in [0.4, 0.5) is 5.69 Å². The normalized spacial score (nSPS) is 11.5. The first-order valence-electron chi connectivity index (χ1n) is 6.37. The summed E-state index contributed by atoms with van der Waals surface area (Å²) in [6.45, 7) is 10.5. The van der Waals surface area contributed by atoms with Crippen molar-refractivity contribution in [3.05, 3.63) is 28.7 Å². The molecule has 0 unspecified atom stereocenters. The van der Waals surface area contributed by atoms with Crippen molar-refractivity contribution < 1.29 is 0 Å². The zero-order chi connectivity index (χ0) is 12.9. The van der Waals surface area contributed by atoms with Gasteiger partial charge in [-0.25, -0.2) is 0 Å². The molecule has 3 nitrogen and oxygen atoms in total. The van der Waals surface area contributed by atoms with Crippen LogP contribution in [0.1, 0.15) is 40.5 Å². The standard InChI is InChI=1S/C14H24N2O/c1-5-10-16-11-12(6-7-13(16)17)15-9-8-14(2,3)4/h6-7,11,15H,5,8-10H2,1-4H3. The van der Waals surface area contributed by atoms with Gasteiger partial charge >= 0.3 is 0 Å². The fourth-order valence-corrected chi connectivity index (χ4v) is 1.63. The number of hydrogen-bond donors (Lipinski definition) is 1. The predicted molar refractivity (Wildman–Crippen MR) is 73.6 cm³/mol. The lowest BCUT2D eigenvalue weighted by Gasteiger charge is -2.18. The Labute approximate surface area is 104 Å². The number of anilines is 1. The summed E-state index contributed by atoms with van der Waals surface area (Å²) in [6, 6.07) is 3.49.